The fourth-order valence-electron chi connectivity index (χ4n) is 9.55. The molecule has 0 unspecified atom stereocenters. The van der Waals surface area contributed by atoms with Crippen molar-refractivity contribution in [3.63, 3.8) is 0 Å². The molecule has 0 atom stereocenters. The molecule has 7 heteroatoms. The molecule has 0 radical (unpaired) electrons. The van der Waals surface area contributed by atoms with Gasteiger partial charge in [0.1, 0.15) is 0 Å². The standard InChI is InChI=1S/C50H39N5Si2/c1-56(2,3)32-18-22-42-38(26-32)36-24-30(28-51)16-20-40(36)53(42)44-12-8-14-46-48(44)34-10-7-11-35-49-45(13-9-15-47(49)55(46)50(34)35)54-41-21-17-31(29-52)25-37(41)39-27-33(57(4,5)6)19-23-43(39)54/h7-27H,1-6H3. The van der Waals surface area contributed by atoms with Crippen molar-refractivity contribution in [3.05, 3.63) is 139 Å². The molecule has 0 aliphatic rings. The van der Waals surface area contributed by atoms with E-state index in [1.807, 2.05) is 12.1 Å². The van der Waals surface area contributed by atoms with Gasteiger partial charge in [-0.05, 0) is 72.8 Å². The Balaban J connectivity index is 1.23. The van der Waals surface area contributed by atoms with E-state index in [1.165, 1.54) is 48.2 Å². The van der Waals surface area contributed by atoms with E-state index in [4.69, 9.17) is 0 Å². The minimum absolute atomic E-state index is 0.673. The van der Waals surface area contributed by atoms with Crippen LogP contribution in [-0.2, 0) is 0 Å². The number of benzene rings is 7. The molecule has 0 N–H and O–H groups in total. The molecule has 272 valence electrons. The van der Waals surface area contributed by atoms with Gasteiger partial charge in [-0.25, -0.2) is 0 Å². The van der Waals surface area contributed by atoms with Gasteiger partial charge < -0.3 is 13.5 Å². The van der Waals surface area contributed by atoms with Gasteiger partial charge in [0.25, 0.3) is 0 Å². The number of hydrogen-bond acceptors (Lipinski definition) is 2. The van der Waals surface area contributed by atoms with Crippen LogP contribution in [0.1, 0.15) is 11.1 Å². The zero-order chi connectivity index (χ0) is 39.1. The van der Waals surface area contributed by atoms with Gasteiger partial charge in [-0.15, -0.1) is 0 Å². The second-order valence-electron chi connectivity index (χ2n) is 17.7. The Morgan fingerprint density at radius 3 is 1.19 bits per heavy atom. The van der Waals surface area contributed by atoms with Gasteiger partial charge >= 0.3 is 0 Å². The van der Waals surface area contributed by atoms with E-state index in [0.29, 0.717) is 11.1 Å². The van der Waals surface area contributed by atoms with Crippen molar-refractivity contribution in [2.24, 2.45) is 0 Å². The van der Waals surface area contributed by atoms with Gasteiger partial charge in [0.2, 0.25) is 0 Å². The number of rotatable bonds is 4. The van der Waals surface area contributed by atoms with E-state index < -0.39 is 16.1 Å². The third-order valence-electron chi connectivity index (χ3n) is 12.3. The summed E-state index contributed by atoms with van der Waals surface area (Å²) in [7, 11) is -3.20. The molecule has 0 spiro atoms. The van der Waals surface area contributed by atoms with Crippen molar-refractivity contribution in [2.75, 3.05) is 0 Å². The Kier molecular flexibility index (Phi) is 6.77. The lowest BCUT2D eigenvalue weighted by Crippen LogP contribution is -2.37. The summed E-state index contributed by atoms with van der Waals surface area (Å²) in [6, 6.07) is 51.2. The van der Waals surface area contributed by atoms with E-state index in [-0.39, 0.29) is 0 Å². The molecule has 11 aromatic rings. The highest BCUT2D eigenvalue weighted by Gasteiger charge is 2.26. The number of para-hydroxylation sites is 1. The van der Waals surface area contributed by atoms with Crippen molar-refractivity contribution >= 4 is 108 Å². The molecule has 0 fully saturated rings. The zero-order valence-electron chi connectivity index (χ0n) is 32.9. The first-order chi connectivity index (χ1) is 27.5. The average Bonchev–Trinajstić information content (AvgIpc) is 3.93. The summed E-state index contributed by atoms with van der Waals surface area (Å²) in [6.07, 6.45) is 0. The SMILES string of the molecule is C[Si](C)(C)c1ccc2c(c1)c1cc(C#N)ccc1n2-c1cccc2c1c1cccc3c4c(-n5c6ccc(C#N)cc6c6cc([Si](C)(C)C)ccc65)cccc4n2c13. The molecule has 4 aromatic heterocycles. The number of hydrogen-bond donors (Lipinski definition) is 0. The average molecular weight is 766 g/mol. The quantitative estimate of drug-likeness (QED) is 0.168. The van der Waals surface area contributed by atoms with Crippen molar-refractivity contribution in [3.8, 4) is 23.5 Å². The summed E-state index contributed by atoms with van der Waals surface area (Å²) in [5.74, 6) is 0. The second-order valence-corrected chi connectivity index (χ2v) is 27.9. The first-order valence-corrected chi connectivity index (χ1v) is 26.6. The summed E-state index contributed by atoms with van der Waals surface area (Å²) in [4.78, 5) is 0. The maximum atomic E-state index is 9.93. The van der Waals surface area contributed by atoms with E-state index in [2.05, 4.69) is 180 Å². The molecular formula is C50H39N5Si2. The predicted octanol–water partition coefficient (Wildman–Crippen LogP) is 11.9. The first-order valence-electron chi connectivity index (χ1n) is 19.6. The van der Waals surface area contributed by atoms with E-state index in [1.54, 1.807) is 0 Å². The van der Waals surface area contributed by atoms with Gasteiger partial charge in [0.15, 0.2) is 0 Å². The van der Waals surface area contributed by atoms with E-state index in [9.17, 15) is 10.5 Å². The molecule has 11 rings (SSSR count). The molecule has 0 aliphatic carbocycles. The van der Waals surface area contributed by atoms with Crippen molar-refractivity contribution < 1.29 is 0 Å². The third kappa shape index (κ3) is 4.59. The molecule has 0 saturated carbocycles. The molecule has 5 nitrogen and oxygen atoms in total. The van der Waals surface area contributed by atoms with E-state index >= 15 is 0 Å². The van der Waals surface area contributed by atoms with Crippen LogP contribution in [0.2, 0.25) is 39.3 Å². The smallest absolute Gasteiger partial charge is 0.0991 e. The monoisotopic (exact) mass is 765 g/mol. The highest BCUT2D eigenvalue weighted by atomic mass is 28.3. The topological polar surface area (TPSA) is 61.8 Å². The van der Waals surface area contributed by atoms with Crippen LogP contribution in [0.4, 0.5) is 0 Å². The van der Waals surface area contributed by atoms with Gasteiger partial charge in [0, 0.05) is 43.1 Å². The van der Waals surface area contributed by atoms with Crippen LogP contribution in [0.25, 0.3) is 93.1 Å². The third-order valence-corrected chi connectivity index (χ3v) is 16.4. The summed E-state index contributed by atoms with van der Waals surface area (Å²) in [5.41, 5.74) is 11.6. The number of fused-ring (bicyclic) bond motifs is 12. The zero-order valence-corrected chi connectivity index (χ0v) is 34.9. The predicted molar refractivity (Wildman–Crippen MR) is 245 cm³/mol. The minimum atomic E-state index is -1.60. The van der Waals surface area contributed by atoms with Gasteiger partial charge in [-0.2, -0.15) is 10.5 Å². The van der Waals surface area contributed by atoms with Crippen molar-refractivity contribution in [1.29, 1.82) is 10.5 Å². The Bertz CT molecular complexity index is 3390. The fourth-order valence-corrected chi connectivity index (χ4v) is 11.9. The van der Waals surface area contributed by atoms with Crippen LogP contribution in [0.15, 0.2) is 127 Å². The van der Waals surface area contributed by atoms with Crippen molar-refractivity contribution in [1.82, 2.24) is 13.5 Å². The maximum absolute atomic E-state index is 9.93. The van der Waals surface area contributed by atoms with Crippen LogP contribution in [0.5, 0.6) is 0 Å². The molecular weight excluding hydrogens is 727 g/mol. The molecule has 57 heavy (non-hydrogen) atoms. The van der Waals surface area contributed by atoms with Crippen LogP contribution in [0.3, 0.4) is 0 Å². The highest BCUT2D eigenvalue weighted by molar-refractivity contribution is 6.89. The summed E-state index contributed by atoms with van der Waals surface area (Å²) in [6.45, 7) is 14.3. The Morgan fingerprint density at radius 1 is 0.404 bits per heavy atom. The fraction of sp³-hybridized carbons (Fsp3) is 0.120. The lowest BCUT2D eigenvalue weighted by molar-refractivity contribution is 1.19. The number of nitrogens with zero attached hydrogens (tertiary/aromatic N) is 5. The van der Waals surface area contributed by atoms with Crippen LogP contribution < -0.4 is 10.4 Å². The maximum Gasteiger partial charge on any atom is 0.0991 e. The Hall–Kier alpha value is -6.65. The molecule has 0 aliphatic heterocycles. The second kappa shape index (κ2) is 11.5. The summed E-state index contributed by atoms with van der Waals surface area (Å²) < 4.78 is 7.30. The lowest BCUT2D eigenvalue weighted by Gasteiger charge is -2.17. The molecule has 0 saturated heterocycles. The van der Waals surface area contributed by atoms with Crippen LogP contribution in [0, 0.1) is 22.7 Å². The number of aromatic nitrogens is 3. The highest BCUT2D eigenvalue weighted by Crippen LogP contribution is 2.45. The van der Waals surface area contributed by atoms with Crippen molar-refractivity contribution in [2.45, 2.75) is 39.3 Å². The van der Waals surface area contributed by atoms with E-state index in [0.717, 1.165) is 55.2 Å². The van der Waals surface area contributed by atoms with Gasteiger partial charge in [-0.3, -0.25) is 0 Å². The molecule has 0 bridgehead atoms. The molecule has 7 aromatic carbocycles. The summed E-state index contributed by atoms with van der Waals surface area (Å²) in [5, 5.41) is 32.1. The molecule has 4 heterocycles. The number of nitriles is 2. The largest absolute Gasteiger partial charge is 0.309 e. The van der Waals surface area contributed by atoms with Crippen LogP contribution >= 0.6 is 0 Å². The summed E-state index contributed by atoms with van der Waals surface area (Å²) >= 11 is 0. The Morgan fingerprint density at radius 2 is 0.789 bits per heavy atom. The van der Waals surface area contributed by atoms with Gasteiger partial charge in [0.05, 0.1) is 89.4 Å². The minimum Gasteiger partial charge on any atom is -0.309 e. The Labute approximate surface area is 332 Å². The molecule has 0 amide bonds. The normalized spacial score (nSPS) is 12.7. The van der Waals surface area contributed by atoms with Gasteiger partial charge in [-0.1, -0.05) is 104 Å². The first kappa shape index (κ1) is 33.7. The van der Waals surface area contributed by atoms with Crippen LogP contribution in [-0.4, -0.2) is 29.7 Å². The lowest BCUT2D eigenvalue weighted by atomic mass is 10.1.